The molecule has 0 saturated heterocycles. The van der Waals surface area contributed by atoms with Gasteiger partial charge in [-0.25, -0.2) is 0 Å². The molecule has 0 heterocycles. The maximum absolute atomic E-state index is 8.68. The predicted octanol–water partition coefficient (Wildman–Crippen LogP) is 2.69. The lowest BCUT2D eigenvalue weighted by Gasteiger charge is -2.08. The third-order valence-corrected chi connectivity index (χ3v) is 3.00. The zero-order chi connectivity index (χ0) is 14.9. The summed E-state index contributed by atoms with van der Waals surface area (Å²) in [7, 11) is 1.66. The molecule has 0 aromatic heterocycles. The van der Waals surface area contributed by atoms with Gasteiger partial charge in [-0.15, -0.1) is 0 Å². The van der Waals surface area contributed by atoms with Crippen molar-refractivity contribution < 1.29 is 19.3 Å². The first-order valence-corrected chi connectivity index (χ1v) is 6.91. The maximum Gasteiger partial charge on any atom is 0.119 e. The summed E-state index contributed by atoms with van der Waals surface area (Å²) in [4.78, 5) is 0. The van der Waals surface area contributed by atoms with Gasteiger partial charge in [0.1, 0.15) is 23.9 Å². The fraction of sp³-hybridized carbons (Fsp3) is 0.294. The Morgan fingerprint density at radius 1 is 0.762 bits per heavy atom. The average molecular weight is 288 g/mol. The van der Waals surface area contributed by atoms with Gasteiger partial charge in [-0.05, 0) is 42.0 Å². The van der Waals surface area contributed by atoms with Crippen molar-refractivity contribution in [3.63, 3.8) is 0 Å². The molecule has 0 spiro atoms. The zero-order valence-electron chi connectivity index (χ0n) is 12.1. The van der Waals surface area contributed by atoms with Crippen LogP contribution in [0, 0.1) is 0 Å². The van der Waals surface area contributed by atoms with Crippen LogP contribution in [0.1, 0.15) is 5.56 Å². The van der Waals surface area contributed by atoms with E-state index in [9.17, 15) is 0 Å². The first-order valence-electron chi connectivity index (χ1n) is 6.91. The highest BCUT2D eigenvalue weighted by molar-refractivity contribution is 5.31. The van der Waals surface area contributed by atoms with E-state index in [1.54, 1.807) is 7.11 Å². The minimum atomic E-state index is 0.0140. The first-order chi connectivity index (χ1) is 10.3. The van der Waals surface area contributed by atoms with E-state index in [1.807, 2.05) is 48.5 Å². The van der Waals surface area contributed by atoms with Crippen LogP contribution in [0.15, 0.2) is 48.5 Å². The molecule has 0 aliphatic rings. The Hall–Kier alpha value is -2.20. The molecule has 0 amide bonds. The molecule has 4 heteroatoms. The van der Waals surface area contributed by atoms with Crippen molar-refractivity contribution in [2.45, 2.75) is 6.42 Å². The molecule has 112 valence electrons. The van der Waals surface area contributed by atoms with E-state index in [2.05, 4.69) is 0 Å². The van der Waals surface area contributed by atoms with E-state index in [0.717, 1.165) is 23.7 Å². The SMILES string of the molecule is COc1ccc(CCOc2ccc(OCCO)cc2)cc1. The van der Waals surface area contributed by atoms with Crippen molar-refractivity contribution >= 4 is 0 Å². The maximum atomic E-state index is 8.68. The van der Waals surface area contributed by atoms with E-state index in [1.165, 1.54) is 5.56 Å². The molecule has 0 bridgehead atoms. The summed E-state index contributed by atoms with van der Waals surface area (Å²) in [6.07, 6.45) is 0.840. The summed E-state index contributed by atoms with van der Waals surface area (Å²) in [5.41, 5.74) is 1.21. The topological polar surface area (TPSA) is 47.9 Å². The molecular formula is C17H20O4. The van der Waals surface area contributed by atoms with E-state index in [0.29, 0.717) is 13.2 Å². The Balaban J connectivity index is 1.77. The molecule has 0 aliphatic heterocycles. The van der Waals surface area contributed by atoms with Crippen LogP contribution in [0.25, 0.3) is 0 Å². The molecule has 0 saturated carbocycles. The monoisotopic (exact) mass is 288 g/mol. The Bertz CT molecular complexity index is 519. The second kappa shape index (κ2) is 8.17. The second-order valence-electron chi connectivity index (χ2n) is 4.49. The molecule has 1 N–H and O–H groups in total. The first kappa shape index (κ1) is 15.2. The van der Waals surface area contributed by atoms with E-state index in [4.69, 9.17) is 19.3 Å². The summed E-state index contributed by atoms with van der Waals surface area (Å²) < 4.78 is 16.1. The molecule has 4 nitrogen and oxygen atoms in total. The number of aliphatic hydroxyl groups is 1. The van der Waals surface area contributed by atoms with Gasteiger partial charge < -0.3 is 19.3 Å². The summed E-state index contributed by atoms with van der Waals surface area (Å²) >= 11 is 0. The lowest BCUT2D eigenvalue weighted by molar-refractivity contribution is 0.201. The number of benzene rings is 2. The Morgan fingerprint density at radius 2 is 1.29 bits per heavy atom. The van der Waals surface area contributed by atoms with Gasteiger partial charge in [0.25, 0.3) is 0 Å². The highest BCUT2D eigenvalue weighted by atomic mass is 16.5. The minimum absolute atomic E-state index is 0.0140. The molecule has 0 radical (unpaired) electrons. The average Bonchev–Trinajstić information content (AvgIpc) is 2.55. The molecule has 2 rings (SSSR count). The van der Waals surface area contributed by atoms with Crippen molar-refractivity contribution in [1.82, 2.24) is 0 Å². The Morgan fingerprint density at radius 3 is 1.81 bits per heavy atom. The number of hydrogen-bond acceptors (Lipinski definition) is 4. The van der Waals surface area contributed by atoms with Gasteiger partial charge in [-0.2, -0.15) is 0 Å². The van der Waals surface area contributed by atoms with E-state index in [-0.39, 0.29) is 6.61 Å². The summed E-state index contributed by atoms with van der Waals surface area (Å²) in [5.74, 6) is 2.39. The number of rotatable bonds is 8. The Kier molecular flexibility index (Phi) is 5.91. The predicted molar refractivity (Wildman–Crippen MR) is 81.2 cm³/mol. The number of methoxy groups -OCH3 is 1. The van der Waals surface area contributed by atoms with Crippen LogP contribution in [0.4, 0.5) is 0 Å². The second-order valence-corrected chi connectivity index (χ2v) is 4.49. The summed E-state index contributed by atoms with van der Waals surface area (Å²) in [5, 5.41) is 8.68. The van der Waals surface area contributed by atoms with Crippen molar-refractivity contribution in [1.29, 1.82) is 0 Å². The quantitative estimate of drug-likeness (QED) is 0.811. The smallest absolute Gasteiger partial charge is 0.119 e. The van der Waals surface area contributed by atoms with E-state index < -0.39 is 0 Å². The van der Waals surface area contributed by atoms with Crippen LogP contribution >= 0.6 is 0 Å². The van der Waals surface area contributed by atoms with Crippen molar-refractivity contribution in [2.24, 2.45) is 0 Å². The van der Waals surface area contributed by atoms with Crippen LogP contribution in [-0.2, 0) is 6.42 Å². The minimum Gasteiger partial charge on any atom is -0.497 e. The lowest BCUT2D eigenvalue weighted by atomic mass is 10.1. The van der Waals surface area contributed by atoms with Gasteiger partial charge in [0.15, 0.2) is 0 Å². The lowest BCUT2D eigenvalue weighted by Crippen LogP contribution is -2.03. The molecule has 0 atom stereocenters. The molecule has 0 unspecified atom stereocenters. The fourth-order valence-corrected chi connectivity index (χ4v) is 1.87. The normalized spacial score (nSPS) is 10.2. The summed E-state index contributed by atoms with van der Waals surface area (Å²) in [6, 6.07) is 15.4. The molecule has 0 aliphatic carbocycles. The van der Waals surface area contributed by atoms with Crippen molar-refractivity contribution in [3.8, 4) is 17.2 Å². The summed E-state index contributed by atoms with van der Waals surface area (Å²) in [6.45, 7) is 0.932. The van der Waals surface area contributed by atoms with Gasteiger partial charge in [-0.3, -0.25) is 0 Å². The molecule has 2 aromatic rings. The van der Waals surface area contributed by atoms with Gasteiger partial charge >= 0.3 is 0 Å². The van der Waals surface area contributed by atoms with Gasteiger partial charge in [0, 0.05) is 6.42 Å². The van der Waals surface area contributed by atoms with Gasteiger partial charge in [-0.1, -0.05) is 12.1 Å². The highest BCUT2D eigenvalue weighted by Gasteiger charge is 1.98. The van der Waals surface area contributed by atoms with Crippen molar-refractivity contribution in [3.05, 3.63) is 54.1 Å². The van der Waals surface area contributed by atoms with Crippen molar-refractivity contribution in [2.75, 3.05) is 26.9 Å². The van der Waals surface area contributed by atoms with Gasteiger partial charge in [0.05, 0.1) is 20.3 Å². The molecule has 21 heavy (non-hydrogen) atoms. The van der Waals surface area contributed by atoms with Crippen LogP contribution in [0.3, 0.4) is 0 Å². The van der Waals surface area contributed by atoms with Gasteiger partial charge in [0.2, 0.25) is 0 Å². The largest absolute Gasteiger partial charge is 0.497 e. The number of aliphatic hydroxyl groups excluding tert-OH is 1. The highest BCUT2D eigenvalue weighted by Crippen LogP contribution is 2.18. The Labute approximate surface area is 124 Å². The van der Waals surface area contributed by atoms with Crippen LogP contribution in [-0.4, -0.2) is 32.0 Å². The van der Waals surface area contributed by atoms with Crippen LogP contribution in [0.2, 0.25) is 0 Å². The zero-order valence-corrected chi connectivity index (χ0v) is 12.1. The molecule has 2 aromatic carbocycles. The molecular weight excluding hydrogens is 268 g/mol. The van der Waals surface area contributed by atoms with Crippen LogP contribution < -0.4 is 14.2 Å². The third-order valence-electron chi connectivity index (χ3n) is 3.00. The fourth-order valence-electron chi connectivity index (χ4n) is 1.87. The third kappa shape index (κ3) is 5.00. The number of hydrogen-bond donors (Lipinski definition) is 1. The number of ether oxygens (including phenoxy) is 3. The van der Waals surface area contributed by atoms with Crippen LogP contribution in [0.5, 0.6) is 17.2 Å². The van der Waals surface area contributed by atoms with E-state index >= 15 is 0 Å². The standard InChI is InChI=1S/C17H20O4/c1-19-15-4-2-14(3-5-15)10-12-20-16-6-8-17(9-7-16)21-13-11-18/h2-9,18H,10-13H2,1H3. The molecule has 0 fully saturated rings.